The van der Waals surface area contributed by atoms with E-state index < -0.39 is 0 Å². The molecule has 6 nitrogen and oxygen atoms in total. The molecule has 0 amide bonds. The molecule has 3 aromatic rings. The number of nitrogens with two attached hydrogens (primary N) is 1. The maximum Gasteiger partial charge on any atom is 0.226 e. The molecule has 0 saturated heterocycles. The van der Waals surface area contributed by atoms with Crippen LogP contribution in [0.1, 0.15) is 32.6 Å². The maximum atomic E-state index is 5.75. The highest BCUT2D eigenvalue weighted by Gasteiger charge is 2.21. The second-order valence-corrected chi connectivity index (χ2v) is 6.82. The van der Waals surface area contributed by atoms with Crippen LogP contribution in [0, 0.1) is 0 Å². The topological polar surface area (TPSA) is 93.6 Å². The molecule has 2 aromatic heterocycles. The van der Waals surface area contributed by atoms with E-state index in [1.165, 1.54) is 11.8 Å². The van der Waals surface area contributed by atoms with Gasteiger partial charge in [-0.1, -0.05) is 32.5 Å². The van der Waals surface area contributed by atoms with Gasteiger partial charge in [-0.2, -0.15) is 0 Å². The van der Waals surface area contributed by atoms with E-state index in [1.807, 2.05) is 39.0 Å². The summed E-state index contributed by atoms with van der Waals surface area (Å²) in [6.07, 6.45) is 0. The molecule has 0 aliphatic carbocycles. The summed E-state index contributed by atoms with van der Waals surface area (Å²) < 4.78 is 5.66. The predicted octanol–water partition coefficient (Wildman–Crippen LogP) is 3.12. The number of imidazole rings is 1. The molecule has 0 bridgehead atoms. The Labute approximate surface area is 126 Å². The molecule has 1 aromatic carbocycles. The van der Waals surface area contributed by atoms with Gasteiger partial charge in [-0.3, -0.25) is 0 Å². The van der Waals surface area contributed by atoms with Crippen LogP contribution in [-0.4, -0.2) is 20.2 Å². The van der Waals surface area contributed by atoms with Crippen LogP contribution < -0.4 is 5.73 Å². The number of anilines is 1. The lowest BCUT2D eigenvalue weighted by molar-refractivity contribution is 0.378. The van der Waals surface area contributed by atoms with Crippen LogP contribution in [0.4, 0.5) is 5.69 Å². The second-order valence-electron chi connectivity index (χ2n) is 5.86. The highest BCUT2D eigenvalue weighted by Crippen LogP contribution is 2.26. The molecular weight excluding hydrogens is 286 g/mol. The van der Waals surface area contributed by atoms with Crippen molar-refractivity contribution >= 4 is 28.5 Å². The van der Waals surface area contributed by atoms with Gasteiger partial charge in [0.2, 0.25) is 11.8 Å². The van der Waals surface area contributed by atoms with Crippen LogP contribution >= 0.6 is 11.8 Å². The first-order chi connectivity index (χ1) is 9.91. The average molecular weight is 303 g/mol. The molecule has 3 rings (SSSR count). The van der Waals surface area contributed by atoms with E-state index in [1.54, 1.807) is 0 Å². The van der Waals surface area contributed by atoms with Crippen molar-refractivity contribution in [2.45, 2.75) is 37.1 Å². The molecule has 0 saturated carbocycles. The van der Waals surface area contributed by atoms with E-state index in [2.05, 4.69) is 20.2 Å². The van der Waals surface area contributed by atoms with Gasteiger partial charge in [0.25, 0.3) is 0 Å². The molecule has 110 valence electrons. The highest BCUT2D eigenvalue weighted by molar-refractivity contribution is 7.98. The van der Waals surface area contributed by atoms with Crippen LogP contribution in [0.25, 0.3) is 11.0 Å². The van der Waals surface area contributed by atoms with E-state index in [-0.39, 0.29) is 5.41 Å². The van der Waals surface area contributed by atoms with Crippen molar-refractivity contribution in [1.82, 2.24) is 20.2 Å². The van der Waals surface area contributed by atoms with Gasteiger partial charge in [0.05, 0.1) is 16.8 Å². The molecule has 0 fully saturated rings. The standard InChI is InChI=1S/C14H17N5OS/c1-14(2,3)12-19-18-11(20-12)7-21-13-16-9-5-4-8(15)6-10(9)17-13/h4-6H,7,15H2,1-3H3,(H,16,17). The molecular formula is C14H17N5OS. The van der Waals surface area contributed by atoms with E-state index >= 15 is 0 Å². The number of hydrogen-bond acceptors (Lipinski definition) is 6. The van der Waals surface area contributed by atoms with Crippen molar-refractivity contribution in [2.75, 3.05) is 5.73 Å². The van der Waals surface area contributed by atoms with Crippen molar-refractivity contribution in [3.05, 3.63) is 30.0 Å². The van der Waals surface area contributed by atoms with Gasteiger partial charge < -0.3 is 15.1 Å². The summed E-state index contributed by atoms with van der Waals surface area (Å²) in [5.74, 6) is 1.83. The number of nitrogens with one attached hydrogen (secondary N) is 1. The van der Waals surface area contributed by atoms with Crippen LogP contribution in [0.2, 0.25) is 0 Å². The summed E-state index contributed by atoms with van der Waals surface area (Å²) in [4.78, 5) is 7.71. The Bertz CT molecular complexity index is 771. The van der Waals surface area contributed by atoms with Gasteiger partial charge in [-0.15, -0.1) is 10.2 Å². The van der Waals surface area contributed by atoms with Crippen LogP contribution in [-0.2, 0) is 11.2 Å². The largest absolute Gasteiger partial charge is 0.424 e. The lowest BCUT2D eigenvalue weighted by atomic mass is 9.97. The van der Waals surface area contributed by atoms with Crippen molar-refractivity contribution in [1.29, 1.82) is 0 Å². The molecule has 3 N–H and O–H groups in total. The summed E-state index contributed by atoms with van der Waals surface area (Å²) >= 11 is 1.53. The molecule has 2 heterocycles. The lowest BCUT2D eigenvalue weighted by Crippen LogP contribution is -2.11. The zero-order valence-corrected chi connectivity index (χ0v) is 13.0. The van der Waals surface area contributed by atoms with Gasteiger partial charge in [0.1, 0.15) is 0 Å². The van der Waals surface area contributed by atoms with Crippen molar-refractivity contribution in [3.63, 3.8) is 0 Å². The predicted molar refractivity (Wildman–Crippen MR) is 83.1 cm³/mol. The minimum atomic E-state index is -0.132. The maximum absolute atomic E-state index is 5.75. The van der Waals surface area contributed by atoms with Gasteiger partial charge >= 0.3 is 0 Å². The number of benzene rings is 1. The van der Waals surface area contributed by atoms with Crippen LogP contribution in [0.3, 0.4) is 0 Å². The molecule has 0 spiro atoms. The first kappa shape index (κ1) is 13.9. The van der Waals surface area contributed by atoms with Crippen LogP contribution in [0.15, 0.2) is 27.8 Å². The third-order valence-corrected chi connectivity index (χ3v) is 3.78. The number of thioether (sulfide) groups is 1. The minimum absolute atomic E-state index is 0.132. The molecule has 0 atom stereocenters. The number of fused-ring (bicyclic) bond motifs is 1. The number of rotatable bonds is 3. The summed E-state index contributed by atoms with van der Waals surface area (Å²) in [7, 11) is 0. The van der Waals surface area contributed by atoms with Gasteiger partial charge in [-0.05, 0) is 18.2 Å². The Kier molecular flexibility index (Phi) is 3.36. The SMILES string of the molecule is CC(C)(C)c1nnc(CSc2nc3ccc(N)cc3[nH]2)o1. The smallest absolute Gasteiger partial charge is 0.226 e. The minimum Gasteiger partial charge on any atom is -0.424 e. The summed E-state index contributed by atoms with van der Waals surface area (Å²) in [5, 5.41) is 8.95. The number of aromatic amines is 1. The first-order valence-electron chi connectivity index (χ1n) is 6.63. The monoisotopic (exact) mass is 303 g/mol. The third kappa shape index (κ3) is 3.02. The summed E-state index contributed by atoms with van der Waals surface area (Å²) in [5.41, 5.74) is 8.16. The quantitative estimate of drug-likeness (QED) is 0.570. The van der Waals surface area contributed by atoms with Crippen molar-refractivity contribution < 1.29 is 4.42 Å². The Balaban J connectivity index is 1.73. The van der Waals surface area contributed by atoms with Crippen molar-refractivity contribution in [2.24, 2.45) is 0 Å². The molecule has 0 aliphatic rings. The fourth-order valence-corrected chi connectivity index (χ4v) is 2.54. The Morgan fingerprint density at radius 3 is 2.81 bits per heavy atom. The number of aromatic nitrogens is 4. The zero-order chi connectivity index (χ0) is 15.0. The number of hydrogen-bond donors (Lipinski definition) is 2. The fourth-order valence-electron chi connectivity index (χ4n) is 1.82. The fraction of sp³-hybridized carbons (Fsp3) is 0.357. The van der Waals surface area contributed by atoms with E-state index in [0.29, 0.717) is 17.5 Å². The number of nitrogen functional groups attached to an aromatic ring is 1. The molecule has 0 unspecified atom stereocenters. The summed E-state index contributed by atoms with van der Waals surface area (Å²) in [6, 6.07) is 5.61. The van der Waals surface area contributed by atoms with Crippen LogP contribution in [0.5, 0.6) is 0 Å². The molecule has 7 heteroatoms. The van der Waals surface area contributed by atoms with Crippen molar-refractivity contribution in [3.8, 4) is 0 Å². The van der Waals surface area contributed by atoms with E-state index in [9.17, 15) is 0 Å². The Morgan fingerprint density at radius 1 is 1.29 bits per heavy atom. The van der Waals surface area contributed by atoms with Gasteiger partial charge in [0, 0.05) is 11.1 Å². The van der Waals surface area contributed by atoms with E-state index in [4.69, 9.17) is 10.2 Å². The highest BCUT2D eigenvalue weighted by atomic mass is 32.2. The number of H-pyrrole nitrogens is 1. The van der Waals surface area contributed by atoms with E-state index in [0.717, 1.165) is 21.9 Å². The Hall–Kier alpha value is -2.02. The summed E-state index contributed by atoms with van der Waals surface area (Å²) in [6.45, 7) is 6.13. The normalized spacial score (nSPS) is 12.1. The second kappa shape index (κ2) is 5.07. The third-order valence-electron chi connectivity index (χ3n) is 2.93. The number of nitrogens with zero attached hydrogens (tertiary/aromatic N) is 3. The lowest BCUT2D eigenvalue weighted by Gasteiger charge is -2.10. The molecule has 21 heavy (non-hydrogen) atoms. The first-order valence-corrected chi connectivity index (χ1v) is 7.61. The molecule has 0 aliphatic heterocycles. The zero-order valence-electron chi connectivity index (χ0n) is 12.2. The molecule has 0 radical (unpaired) electrons. The van der Waals surface area contributed by atoms with Gasteiger partial charge in [0.15, 0.2) is 5.16 Å². The van der Waals surface area contributed by atoms with Gasteiger partial charge in [-0.25, -0.2) is 4.98 Å². The Morgan fingerprint density at radius 2 is 2.10 bits per heavy atom. The average Bonchev–Trinajstić information content (AvgIpc) is 3.01.